The van der Waals surface area contributed by atoms with Crippen molar-refractivity contribution in [2.24, 2.45) is 0 Å². The average Bonchev–Trinajstić information content (AvgIpc) is 2.75. The minimum atomic E-state index is -0.585. The molecule has 8 nitrogen and oxygen atoms in total. The van der Waals surface area contributed by atoms with E-state index in [4.69, 9.17) is 0 Å². The van der Waals surface area contributed by atoms with Crippen molar-refractivity contribution in [1.82, 2.24) is 0 Å². The topological polar surface area (TPSA) is 120 Å². The summed E-state index contributed by atoms with van der Waals surface area (Å²) in [5.41, 5.74) is 0.120. The van der Waals surface area contributed by atoms with E-state index < -0.39 is 20.1 Å². The fraction of sp³-hybridized carbons (Fsp3) is 0. The summed E-state index contributed by atoms with van der Waals surface area (Å²) in [5.74, 6) is 0. The van der Waals surface area contributed by atoms with Crippen LogP contribution in [0.1, 0.15) is 20.7 Å². The number of nitro benzene ring substituents is 2. The average molecular weight is 650 g/mol. The zero-order valence-electron chi connectivity index (χ0n) is 15.6. The molecule has 0 N–H and O–H groups in total. The van der Waals surface area contributed by atoms with Crippen molar-refractivity contribution in [3.8, 4) is 0 Å². The van der Waals surface area contributed by atoms with E-state index in [1.165, 1.54) is 64.4 Å². The Hall–Kier alpha value is -2.88. The third kappa shape index (κ3) is 10.1. The number of carbonyl (C=O) groups is 2. The van der Waals surface area contributed by atoms with Gasteiger partial charge in [-0.25, -0.2) is 0 Å². The molecule has 2 radical (unpaired) electrons. The second kappa shape index (κ2) is 13.4. The van der Waals surface area contributed by atoms with Gasteiger partial charge in [0.05, 0.1) is 9.85 Å². The quantitative estimate of drug-likeness (QED) is 0.183. The van der Waals surface area contributed by atoms with Crippen molar-refractivity contribution in [3.05, 3.63) is 110 Å². The molecule has 0 bridgehead atoms. The van der Waals surface area contributed by atoms with Crippen molar-refractivity contribution in [2.75, 3.05) is 0 Å². The second-order valence-corrected chi connectivity index (χ2v) is 8.27. The summed E-state index contributed by atoms with van der Waals surface area (Å²) in [6.07, 6.45) is 0. The summed E-state index contributed by atoms with van der Waals surface area (Å²) < 4.78 is 1.43. The Labute approximate surface area is 203 Å². The van der Waals surface area contributed by atoms with Gasteiger partial charge in [0.15, 0.2) is 0 Å². The summed E-state index contributed by atoms with van der Waals surface area (Å²) in [4.78, 5) is 40.6. The zero-order chi connectivity index (χ0) is 23.4. The molecule has 3 aromatic rings. The maximum atomic E-state index is 10.6. The molecule has 0 amide bonds. The number of non-ortho nitro benzene ring substituents is 2. The van der Waals surface area contributed by atoms with Gasteiger partial charge in [0.1, 0.15) is 0 Å². The van der Waals surface area contributed by atoms with E-state index in [1.54, 1.807) is 0 Å². The molecule has 0 aliphatic carbocycles. The molecule has 0 aliphatic heterocycles. The molecule has 0 atom stereocenters. The van der Waals surface area contributed by atoms with Crippen molar-refractivity contribution in [2.45, 2.75) is 0 Å². The predicted octanol–water partition coefficient (Wildman–Crippen LogP) is 3.04. The Morgan fingerprint density at radius 3 is 1.32 bits per heavy atom. The van der Waals surface area contributed by atoms with Crippen LogP contribution in [0.5, 0.6) is 0 Å². The van der Waals surface area contributed by atoms with Gasteiger partial charge in [-0.05, 0) is 0 Å². The molecule has 0 fully saturated rings. The van der Waals surface area contributed by atoms with Gasteiger partial charge in [-0.3, -0.25) is 20.2 Å². The van der Waals surface area contributed by atoms with E-state index in [0.29, 0.717) is 0 Å². The Morgan fingerprint density at radius 1 is 0.677 bits per heavy atom. The SMILES string of the molecule is O=C([S-])c1cccc([N+](=O)[O-])c1.O=C([S-])c1cccc([N+](=O)[O-])c1.[Bi+2][c]1ccccc1. The molecule has 0 saturated heterocycles. The number of hydrogen-bond acceptors (Lipinski definition) is 8. The van der Waals surface area contributed by atoms with Crippen LogP contribution >= 0.6 is 0 Å². The summed E-state index contributed by atoms with van der Waals surface area (Å²) in [5, 5.41) is 19.3. The van der Waals surface area contributed by atoms with E-state index in [1.807, 2.05) is 6.07 Å². The molecule has 156 valence electrons. The van der Waals surface area contributed by atoms with Gasteiger partial charge in [0.25, 0.3) is 11.4 Å². The molecule has 3 rings (SSSR count). The van der Waals surface area contributed by atoms with E-state index in [9.17, 15) is 29.8 Å². The summed E-state index contributed by atoms with van der Waals surface area (Å²) in [7, 11) is 0. The number of benzene rings is 3. The van der Waals surface area contributed by atoms with Crippen LogP contribution in [-0.2, 0) is 25.3 Å². The van der Waals surface area contributed by atoms with E-state index in [-0.39, 0.29) is 22.5 Å². The molecular weight excluding hydrogens is 637 g/mol. The third-order valence-electron chi connectivity index (χ3n) is 3.34. The van der Waals surface area contributed by atoms with Crippen LogP contribution in [0.15, 0.2) is 78.9 Å². The standard InChI is InChI=1S/2C7H5NO3S.C6H5.Bi/c2*9-7(12)5-2-1-3-6(4-5)8(10)11;1-2-4-6-5-3-1;/h2*1-4H,(H,9,12);1-5H;/q;;;+2/p-2. The van der Waals surface area contributed by atoms with E-state index >= 15 is 0 Å². The number of hydrogen-bond donors (Lipinski definition) is 0. The molecular formula is C20H13BiN2O6S2. The van der Waals surface area contributed by atoms with Gasteiger partial charge >= 0.3 is 58.3 Å². The van der Waals surface area contributed by atoms with Gasteiger partial charge in [0.2, 0.25) is 0 Å². The molecule has 0 unspecified atom stereocenters. The zero-order valence-corrected chi connectivity index (χ0v) is 20.7. The van der Waals surface area contributed by atoms with Crippen molar-refractivity contribution < 1.29 is 19.4 Å². The third-order valence-corrected chi connectivity index (χ3v) is 4.97. The number of carbonyl (C=O) groups excluding carboxylic acids is 2. The van der Waals surface area contributed by atoms with E-state index in [0.717, 1.165) is 12.1 Å². The van der Waals surface area contributed by atoms with Gasteiger partial charge in [-0.2, -0.15) is 0 Å². The fourth-order valence-corrected chi connectivity index (χ4v) is 2.84. The molecule has 11 heteroatoms. The Morgan fingerprint density at radius 2 is 1.06 bits per heavy atom. The molecule has 0 spiro atoms. The van der Waals surface area contributed by atoms with Gasteiger partial charge in [0, 0.05) is 45.6 Å². The first-order valence-electron chi connectivity index (χ1n) is 8.27. The van der Waals surface area contributed by atoms with E-state index in [2.05, 4.69) is 49.5 Å². The Balaban J connectivity index is 0.000000241. The Kier molecular flexibility index (Phi) is 11.3. The monoisotopic (exact) mass is 650 g/mol. The maximum absolute atomic E-state index is 10.6. The second-order valence-electron chi connectivity index (χ2n) is 5.53. The molecule has 3 aromatic carbocycles. The van der Waals surface area contributed by atoms with Crippen LogP contribution in [0.4, 0.5) is 11.4 Å². The summed E-state index contributed by atoms with van der Waals surface area (Å²) in [6.45, 7) is 0. The van der Waals surface area contributed by atoms with Crippen LogP contribution < -0.4 is 3.27 Å². The Bertz CT molecular complexity index is 954. The van der Waals surface area contributed by atoms with Crippen LogP contribution in [0.25, 0.3) is 0 Å². The van der Waals surface area contributed by atoms with Crippen LogP contribution in [0, 0.1) is 20.2 Å². The van der Waals surface area contributed by atoms with Crippen LogP contribution in [0.2, 0.25) is 0 Å². The predicted molar refractivity (Wildman–Crippen MR) is 121 cm³/mol. The first kappa shape index (κ1) is 26.2. The number of nitrogens with zero attached hydrogens (tertiary/aromatic N) is 2. The number of rotatable bonds is 4. The van der Waals surface area contributed by atoms with Crippen molar-refractivity contribution in [1.29, 1.82) is 0 Å². The first-order chi connectivity index (χ1) is 14.6. The number of nitro groups is 2. The van der Waals surface area contributed by atoms with Gasteiger partial charge in [-0.15, -0.1) is 0 Å². The van der Waals surface area contributed by atoms with Gasteiger partial charge < -0.3 is 34.8 Å². The van der Waals surface area contributed by atoms with Crippen molar-refractivity contribution >= 4 is 74.9 Å². The summed E-state index contributed by atoms with van der Waals surface area (Å²) in [6, 6.07) is 21.1. The molecule has 31 heavy (non-hydrogen) atoms. The first-order valence-corrected chi connectivity index (χ1v) is 10.8. The summed E-state index contributed by atoms with van der Waals surface area (Å²) >= 11 is 10.0. The van der Waals surface area contributed by atoms with Crippen LogP contribution in [0.3, 0.4) is 0 Å². The molecule has 0 saturated carbocycles. The minimum absolute atomic E-state index is 0.120. The normalized spacial score (nSPS) is 9.16. The van der Waals surface area contributed by atoms with Crippen LogP contribution in [-0.4, -0.2) is 44.8 Å². The molecule has 0 aliphatic rings. The molecule has 0 aromatic heterocycles. The fourth-order valence-electron chi connectivity index (χ4n) is 1.92. The van der Waals surface area contributed by atoms with Crippen molar-refractivity contribution in [3.63, 3.8) is 0 Å². The molecule has 0 heterocycles. The van der Waals surface area contributed by atoms with Gasteiger partial charge in [-0.1, -0.05) is 24.3 Å².